The van der Waals surface area contributed by atoms with Crippen LogP contribution in [0, 0.1) is 0 Å². The van der Waals surface area contributed by atoms with E-state index in [1.807, 2.05) is 6.92 Å². The van der Waals surface area contributed by atoms with Crippen LogP contribution in [0.5, 0.6) is 5.75 Å². The molecule has 2 aromatic carbocycles. The van der Waals surface area contributed by atoms with Crippen molar-refractivity contribution in [3.63, 3.8) is 0 Å². The second kappa shape index (κ2) is 9.08. The SMILES string of the molecule is CCOc1ccccc1C(=O)NC(CC(=O)OC)c1ccc(Cl)cc1. The molecule has 132 valence electrons. The summed E-state index contributed by atoms with van der Waals surface area (Å²) in [5.41, 5.74) is 1.17. The third-order valence-electron chi connectivity index (χ3n) is 3.61. The number of carbonyl (C=O) groups excluding carboxylic acids is 2. The van der Waals surface area contributed by atoms with Crippen molar-refractivity contribution >= 4 is 23.5 Å². The molecule has 1 atom stereocenters. The molecule has 0 heterocycles. The summed E-state index contributed by atoms with van der Waals surface area (Å²) in [5, 5.41) is 3.45. The molecule has 0 aromatic heterocycles. The van der Waals surface area contributed by atoms with Gasteiger partial charge in [-0.1, -0.05) is 35.9 Å². The van der Waals surface area contributed by atoms with Gasteiger partial charge in [-0.15, -0.1) is 0 Å². The molecule has 2 rings (SSSR count). The van der Waals surface area contributed by atoms with Crippen LogP contribution in [-0.2, 0) is 9.53 Å². The van der Waals surface area contributed by atoms with E-state index < -0.39 is 12.0 Å². The first-order chi connectivity index (χ1) is 12.0. The zero-order valence-corrected chi connectivity index (χ0v) is 14.9. The predicted molar refractivity (Wildman–Crippen MR) is 95.9 cm³/mol. The predicted octanol–water partition coefficient (Wildman–Crippen LogP) is 3.77. The summed E-state index contributed by atoms with van der Waals surface area (Å²) >= 11 is 5.91. The van der Waals surface area contributed by atoms with Gasteiger partial charge in [0.15, 0.2) is 0 Å². The van der Waals surface area contributed by atoms with Crippen molar-refractivity contribution in [3.05, 3.63) is 64.7 Å². The number of esters is 1. The molecule has 6 heteroatoms. The number of amides is 1. The van der Waals surface area contributed by atoms with Crippen LogP contribution >= 0.6 is 11.6 Å². The molecule has 0 spiro atoms. The molecule has 0 aliphatic rings. The smallest absolute Gasteiger partial charge is 0.307 e. The highest BCUT2D eigenvalue weighted by Gasteiger charge is 2.21. The molecule has 0 aliphatic carbocycles. The molecule has 0 saturated carbocycles. The van der Waals surface area contributed by atoms with Gasteiger partial charge in [0.1, 0.15) is 5.75 Å². The number of carbonyl (C=O) groups is 2. The number of hydrogen-bond donors (Lipinski definition) is 1. The highest BCUT2D eigenvalue weighted by molar-refractivity contribution is 6.30. The number of rotatable bonds is 7. The van der Waals surface area contributed by atoms with E-state index in [2.05, 4.69) is 5.32 Å². The van der Waals surface area contributed by atoms with E-state index >= 15 is 0 Å². The Bertz CT molecular complexity index is 730. The van der Waals surface area contributed by atoms with Gasteiger partial charge in [-0.25, -0.2) is 0 Å². The highest BCUT2D eigenvalue weighted by Crippen LogP contribution is 2.23. The first-order valence-electron chi connectivity index (χ1n) is 7.90. The number of hydrogen-bond acceptors (Lipinski definition) is 4. The zero-order chi connectivity index (χ0) is 18.2. The van der Waals surface area contributed by atoms with E-state index in [-0.39, 0.29) is 12.3 Å². The van der Waals surface area contributed by atoms with E-state index in [0.29, 0.717) is 22.9 Å². The number of methoxy groups -OCH3 is 1. The fourth-order valence-electron chi connectivity index (χ4n) is 2.37. The molecule has 0 fully saturated rings. The van der Waals surface area contributed by atoms with Gasteiger partial charge in [0.25, 0.3) is 5.91 Å². The van der Waals surface area contributed by atoms with E-state index in [1.54, 1.807) is 48.5 Å². The van der Waals surface area contributed by atoms with Crippen molar-refractivity contribution in [2.45, 2.75) is 19.4 Å². The van der Waals surface area contributed by atoms with Crippen molar-refractivity contribution in [1.82, 2.24) is 5.32 Å². The quantitative estimate of drug-likeness (QED) is 0.762. The number of benzene rings is 2. The van der Waals surface area contributed by atoms with Crippen LogP contribution in [0.25, 0.3) is 0 Å². The van der Waals surface area contributed by atoms with Gasteiger partial charge in [-0.2, -0.15) is 0 Å². The van der Waals surface area contributed by atoms with E-state index in [1.165, 1.54) is 7.11 Å². The average Bonchev–Trinajstić information content (AvgIpc) is 2.62. The van der Waals surface area contributed by atoms with Crippen molar-refractivity contribution in [2.75, 3.05) is 13.7 Å². The normalized spacial score (nSPS) is 11.5. The Kier molecular flexibility index (Phi) is 6.83. The lowest BCUT2D eigenvalue weighted by Crippen LogP contribution is -2.30. The molecule has 25 heavy (non-hydrogen) atoms. The summed E-state index contributed by atoms with van der Waals surface area (Å²) < 4.78 is 10.2. The average molecular weight is 362 g/mol. The molecule has 0 aliphatic heterocycles. The standard InChI is InChI=1S/C19H20ClNO4/c1-3-25-17-7-5-4-6-15(17)19(23)21-16(12-18(22)24-2)13-8-10-14(20)11-9-13/h4-11,16H,3,12H2,1-2H3,(H,21,23). The maximum Gasteiger partial charge on any atom is 0.307 e. The molecule has 0 saturated heterocycles. The van der Waals surface area contributed by atoms with Crippen LogP contribution in [0.1, 0.15) is 35.3 Å². The van der Waals surface area contributed by atoms with Gasteiger partial charge in [0, 0.05) is 5.02 Å². The van der Waals surface area contributed by atoms with Gasteiger partial charge in [0.05, 0.1) is 31.7 Å². The molecule has 2 aromatic rings. The van der Waals surface area contributed by atoms with Gasteiger partial charge in [-0.05, 0) is 36.8 Å². The molecule has 1 amide bonds. The van der Waals surface area contributed by atoms with Gasteiger partial charge < -0.3 is 14.8 Å². The summed E-state index contributed by atoms with van der Waals surface area (Å²) in [6, 6.07) is 13.4. The highest BCUT2D eigenvalue weighted by atomic mass is 35.5. The molecule has 5 nitrogen and oxygen atoms in total. The fraction of sp³-hybridized carbons (Fsp3) is 0.263. The van der Waals surface area contributed by atoms with Crippen LogP contribution in [0.15, 0.2) is 48.5 Å². The van der Waals surface area contributed by atoms with Gasteiger partial charge in [0.2, 0.25) is 0 Å². The maximum absolute atomic E-state index is 12.7. The third kappa shape index (κ3) is 5.22. The Morgan fingerprint density at radius 2 is 1.80 bits per heavy atom. The minimum absolute atomic E-state index is 0.0146. The van der Waals surface area contributed by atoms with Gasteiger partial charge >= 0.3 is 5.97 Å². The van der Waals surface area contributed by atoms with Crippen LogP contribution in [0.3, 0.4) is 0 Å². The first kappa shape index (κ1) is 18.8. The molecule has 1 N–H and O–H groups in total. The maximum atomic E-state index is 12.7. The van der Waals surface area contributed by atoms with Crippen LogP contribution in [-0.4, -0.2) is 25.6 Å². The Hall–Kier alpha value is -2.53. The number of halogens is 1. The summed E-state index contributed by atoms with van der Waals surface area (Å²) in [6.45, 7) is 2.30. The lowest BCUT2D eigenvalue weighted by molar-refractivity contribution is -0.141. The fourth-order valence-corrected chi connectivity index (χ4v) is 2.49. The molecule has 0 radical (unpaired) electrons. The van der Waals surface area contributed by atoms with Crippen molar-refractivity contribution < 1.29 is 19.1 Å². The molecule has 0 bridgehead atoms. The monoisotopic (exact) mass is 361 g/mol. The van der Waals surface area contributed by atoms with Crippen molar-refractivity contribution in [3.8, 4) is 5.75 Å². The minimum atomic E-state index is -0.535. The molecule has 1 unspecified atom stereocenters. The summed E-state index contributed by atoms with van der Waals surface area (Å²) in [5.74, 6) is -0.248. The number of ether oxygens (including phenoxy) is 2. The second-order valence-electron chi connectivity index (χ2n) is 5.29. The van der Waals surface area contributed by atoms with E-state index in [9.17, 15) is 9.59 Å². The number of para-hydroxylation sites is 1. The van der Waals surface area contributed by atoms with Gasteiger partial charge in [-0.3, -0.25) is 9.59 Å². The van der Waals surface area contributed by atoms with Crippen LogP contribution in [0.2, 0.25) is 5.02 Å². The van der Waals surface area contributed by atoms with E-state index in [0.717, 1.165) is 5.56 Å². The lowest BCUT2D eigenvalue weighted by atomic mass is 10.0. The lowest BCUT2D eigenvalue weighted by Gasteiger charge is -2.19. The van der Waals surface area contributed by atoms with Crippen molar-refractivity contribution in [2.24, 2.45) is 0 Å². The number of nitrogens with one attached hydrogen (secondary N) is 1. The van der Waals surface area contributed by atoms with Crippen LogP contribution < -0.4 is 10.1 Å². The molecular weight excluding hydrogens is 342 g/mol. The van der Waals surface area contributed by atoms with E-state index in [4.69, 9.17) is 21.1 Å². The summed E-state index contributed by atoms with van der Waals surface area (Å²) in [6.07, 6.45) is 0.0146. The molecular formula is C19H20ClNO4. The topological polar surface area (TPSA) is 64.6 Å². The Morgan fingerprint density at radius 3 is 2.44 bits per heavy atom. The largest absolute Gasteiger partial charge is 0.493 e. The van der Waals surface area contributed by atoms with Crippen LogP contribution in [0.4, 0.5) is 0 Å². The zero-order valence-electron chi connectivity index (χ0n) is 14.1. The summed E-state index contributed by atoms with van der Waals surface area (Å²) in [4.78, 5) is 24.4. The minimum Gasteiger partial charge on any atom is -0.493 e. The Morgan fingerprint density at radius 1 is 1.12 bits per heavy atom. The third-order valence-corrected chi connectivity index (χ3v) is 3.86. The Labute approximate surface area is 151 Å². The summed E-state index contributed by atoms with van der Waals surface area (Å²) in [7, 11) is 1.31. The first-order valence-corrected chi connectivity index (χ1v) is 8.28. The van der Waals surface area contributed by atoms with Crippen molar-refractivity contribution in [1.29, 1.82) is 0 Å². The second-order valence-corrected chi connectivity index (χ2v) is 5.72. The Balaban J connectivity index is 2.25.